The van der Waals surface area contributed by atoms with Gasteiger partial charge in [0.25, 0.3) is 0 Å². The minimum Gasteiger partial charge on any atom is -0.273 e. The molecule has 3 rings (SSSR count). The summed E-state index contributed by atoms with van der Waals surface area (Å²) in [5, 5.41) is 0. The first-order valence-corrected chi connectivity index (χ1v) is 12.5. The zero-order valence-corrected chi connectivity index (χ0v) is 20.9. The van der Waals surface area contributed by atoms with Gasteiger partial charge in [-0.1, -0.05) is 37.9 Å². The summed E-state index contributed by atoms with van der Waals surface area (Å²) >= 11 is 9.60. The van der Waals surface area contributed by atoms with Crippen molar-refractivity contribution >= 4 is 73.0 Å². The number of carbonyl (C=O) groups is 2. The van der Waals surface area contributed by atoms with Crippen molar-refractivity contribution in [2.45, 2.75) is 16.7 Å². The van der Waals surface area contributed by atoms with E-state index in [-0.39, 0.29) is 23.3 Å². The fraction of sp³-hybridized carbons (Fsp3) is 0.136. The van der Waals surface area contributed by atoms with E-state index in [0.29, 0.717) is 5.82 Å². The molecule has 1 aromatic heterocycles. The van der Waals surface area contributed by atoms with Crippen LogP contribution in [0.25, 0.3) is 0 Å². The monoisotopic (exact) mass is 564 g/mol. The van der Waals surface area contributed by atoms with E-state index in [1.807, 2.05) is 61.5 Å². The molecule has 1 heterocycles. The van der Waals surface area contributed by atoms with Gasteiger partial charge in [-0.15, -0.1) is 23.5 Å². The maximum atomic E-state index is 13.1. The second-order valence-corrected chi connectivity index (χ2v) is 10.2. The average molecular weight is 566 g/mol. The van der Waals surface area contributed by atoms with Crippen LogP contribution in [0.15, 0.2) is 85.6 Å². The third-order valence-electron chi connectivity index (χ3n) is 4.04. The van der Waals surface area contributed by atoms with Gasteiger partial charge in [-0.05, 0) is 67.1 Å². The molecular formula is C22H18Br2N2O2S2. The molecule has 0 fully saturated rings. The van der Waals surface area contributed by atoms with Crippen LogP contribution < -0.4 is 4.90 Å². The largest absolute Gasteiger partial charge is 0.273 e. The molecule has 2 amide bonds. The summed E-state index contributed by atoms with van der Waals surface area (Å²) in [6.07, 6.45) is 1.60. The molecule has 0 bridgehead atoms. The van der Waals surface area contributed by atoms with Crippen molar-refractivity contribution in [3.63, 3.8) is 0 Å². The number of benzene rings is 2. The molecule has 0 aliphatic carbocycles. The first-order valence-electron chi connectivity index (χ1n) is 8.98. The average Bonchev–Trinajstić information content (AvgIpc) is 2.74. The number of rotatable bonds is 7. The molecule has 154 valence electrons. The molecule has 0 spiro atoms. The van der Waals surface area contributed by atoms with Gasteiger partial charge in [0.1, 0.15) is 5.82 Å². The summed E-state index contributed by atoms with van der Waals surface area (Å²) in [7, 11) is 0. The van der Waals surface area contributed by atoms with Crippen LogP contribution >= 0.6 is 55.4 Å². The lowest BCUT2D eigenvalue weighted by molar-refractivity contribution is -0.123. The van der Waals surface area contributed by atoms with Crippen LogP contribution in [0.1, 0.15) is 5.56 Å². The Bertz CT molecular complexity index is 967. The third kappa shape index (κ3) is 6.44. The maximum absolute atomic E-state index is 13.1. The van der Waals surface area contributed by atoms with E-state index in [1.54, 1.807) is 12.3 Å². The molecule has 8 heteroatoms. The third-order valence-corrected chi connectivity index (χ3v) is 7.10. The summed E-state index contributed by atoms with van der Waals surface area (Å²) in [5.74, 6) is 0.108. The number of halogens is 2. The summed E-state index contributed by atoms with van der Waals surface area (Å²) in [4.78, 5) is 33.5. The van der Waals surface area contributed by atoms with Crippen molar-refractivity contribution < 1.29 is 9.59 Å². The SMILES string of the molecule is Cc1cccnc1N(C(=O)CSc1ccc(Br)cc1)C(=O)CSc1ccc(Br)cc1. The molecule has 4 nitrogen and oxygen atoms in total. The fourth-order valence-corrected chi connectivity index (χ4v) is 4.59. The van der Waals surface area contributed by atoms with Crippen LogP contribution in [0, 0.1) is 6.92 Å². The van der Waals surface area contributed by atoms with Crippen LogP contribution in [-0.2, 0) is 9.59 Å². The number of aromatic nitrogens is 1. The fourth-order valence-electron chi connectivity index (χ4n) is 2.57. The number of aryl methyl sites for hydroxylation is 1. The number of hydrogen-bond acceptors (Lipinski definition) is 5. The molecule has 0 N–H and O–H groups in total. The van der Waals surface area contributed by atoms with E-state index in [9.17, 15) is 9.59 Å². The van der Waals surface area contributed by atoms with E-state index < -0.39 is 0 Å². The predicted molar refractivity (Wildman–Crippen MR) is 131 cm³/mol. The molecule has 0 aliphatic heterocycles. The maximum Gasteiger partial charge on any atom is 0.245 e. The number of pyridine rings is 1. The molecule has 0 saturated carbocycles. The van der Waals surface area contributed by atoms with Gasteiger partial charge in [0, 0.05) is 24.9 Å². The quantitative estimate of drug-likeness (QED) is 0.312. The Labute approximate surface area is 201 Å². The Morgan fingerprint density at radius 1 is 0.833 bits per heavy atom. The molecule has 0 radical (unpaired) electrons. The van der Waals surface area contributed by atoms with Gasteiger partial charge < -0.3 is 0 Å². The molecule has 0 saturated heterocycles. The Morgan fingerprint density at radius 3 is 1.73 bits per heavy atom. The van der Waals surface area contributed by atoms with Gasteiger partial charge in [0.15, 0.2) is 0 Å². The van der Waals surface area contributed by atoms with Crippen molar-refractivity contribution in [3.05, 3.63) is 81.4 Å². The first kappa shape index (κ1) is 23.1. The second kappa shape index (κ2) is 11.1. The van der Waals surface area contributed by atoms with E-state index in [4.69, 9.17) is 0 Å². The first-order chi connectivity index (χ1) is 14.4. The van der Waals surface area contributed by atoms with Gasteiger partial charge in [-0.2, -0.15) is 0 Å². The number of anilines is 1. The van der Waals surface area contributed by atoms with Crippen molar-refractivity contribution in [1.82, 2.24) is 4.98 Å². The summed E-state index contributed by atoms with van der Waals surface area (Å²) in [5.41, 5.74) is 0.779. The highest BCUT2D eigenvalue weighted by Crippen LogP contribution is 2.25. The molecule has 2 aromatic carbocycles. The highest BCUT2D eigenvalue weighted by molar-refractivity contribution is 9.10. The Balaban J connectivity index is 1.74. The Kier molecular flexibility index (Phi) is 8.56. The van der Waals surface area contributed by atoms with Crippen LogP contribution in [0.4, 0.5) is 5.82 Å². The van der Waals surface area contributed by atoms with E-state index in [2.05, 4.69) is 36.8 Å². The smallest absolute Gasteiger partial charge is 0.245 e. The minimum atomic E-state index is -0.286. The lowest BCUT2D eigenvalue weighted by Gasteiger charge is -2.21. The molecule has 0 atom stereocenters. The molecule has 0 unspecified atom stereocenters. The molecule has 30 heavy (non-hydrogen) atoms. The highest BCUT2D eigenvalue weighted by atomic mass is 79.9. The van der Waals surface area contributed by atoms with Gasteiger partial charge >= 0.3 is 0 Å². The standard InChI is InChI=1S/C22H18Br2N2O2S2/c1-15-3-2-12-25-22(15)26(20(27)13-29-18-8-4-16(23)5-9-18)21(28)14-30-19-10-6-17(24)7-11-19/h2-12H,13-14H2,1H3. The van der Waals surface area contributed by atoms with Crippen LogP contribution in [-0.4, -0.2) is 28.3 Å². The van der Waals surface area contributed by atoms with Crippen molar-refractivity contribution in [3.8, 4) is 0 Å². The number of thioether (sulfide) groups is 2. The number of amides is 2. The number of nitrogens with zero attached hydrogens (tertiary/aromatic N) is 2. The second-order valence-electron chi connectivity index (χ2n) is 6.25. The minimum absolute atomic E-state index is 0.145. The van der Waals surface area contributed by atoms with Gasteiger partial charge in [0.2, 0.25) is 11.8 Å². The van der Waals surface area contributed by atoms with E-state index in [0.717, 1.165) is 24.3 Å². The predicted octanol–water partition coefficient (Wildman–Crippen LogP) is 6.36. The van der Waals surface area contributed by atoms with E-state index >= 15 is 0 Å². The normalized spacial score (nSPS) is 10.6. The summed E-state index contributed by atoms with van der Waals surface area (Å²) < 4.78 is 1.95. The van der Waals surface area contributed by atoms with Crippen molar-refractivity contribution in [2.75, 3.05) is 16.4 Å². The summed E-state index contributed by atoms with van der Waals surface area (Å²) in [6, 6.07) is 19.1. The lowest BCUT2D eigenvalue weighted by atomic mass is 10.2. The Morgan fingerprint density at radius 2 is 1.30 bits per heavy atom. The summed E-state index contributed by atoms with van der Waals surface area (Å²) in [6.45, 7) is 1.85. The molecule has 0 aliphatic rings. The lowest BCUT2D eigenvalue weighted by Crippen LogP contribution is -2.40. The number of carbonyl (C=O) groups excluding carboxylic acids is 2. The van der Waals surface area contributed by atoms with Crippen LogP contribution in [0.5, 0.6) is 0 Å². The van der Waals surface area contributed by atoms with E-state index in [1.165, 1.54) is 28.4 Å². The Hall–Kier alpha value is -1.61. The number of hydrogen-bond donors (Lipinski definition) is 0. The zero-order chi connectivity index (χ0) is 21.5. The number of imide groups is 1. The van der Waals surface area contributed by atoms with Crippen LogP contribution in [0.3, 0.4) is 0 Å². The molecule has 3 aromatic rings. The van der Waals surface area contributed by atoms with Gasteiger partial charge in [0.05, 0.1) is 11.5 Å². The topological polar surface area (TPSA) is 50.3 Å². The highest BCUT2D eigenvalue weighted by Gasteiger charge is 2.26. The van der Waals surface area contributed by atoms with Gasteiger partial charge in [-0.3, -0.25) is 9.59 Å². The zero-order valence-electron chi connectivity index (χ0n) is 16.0. The molecular weight excluding hydrogens is 548 g/mol. The van der Waals surface area contributed by atoms with Gasteiger partial charge in [-0.25, -0.2) is 9.88 Å². The van der Waals surface area contributed by atoms with Crippen molar-refractivity contribution in [2.24, 2.45) is 0 Å². The van der Waals surface area contributed by atoms with Crippen LogP contribution in [0.2, 0.25) is 0 Å². The van der Waals surface area contributed by atoms with Crippen molar-refractivity contribution in [1.29, 1.82) is 0 Å².